The number of hydrogen-bond acceptors (Lipinski definition) is 5. The molecular weight excluding hydrogens is 382 g/mol. The minimum atomic E-state index is -0.407. The molecule has 0 saturated carbocycles. The molecule has 0 heterocycles. The van der Waals surface area contributed by atoms with Crippen molar-refractivity contribution in [3.05, 3.63) is 59.7 Å². The van der Waals surface area contributed by atoms with Gasteiger partial charge in [-0.2, -0.15) is 0 Å². The average molecular weight is 411 g/mol. The van der Waals surface area contributed by atoms with Gasteiger partial charge < -0.3 is 19.5 Å². The Labute approximate surface area is 177 Å². The molecule has 0 spiro atoms. The van der Waals surface area contributed by atoms with Crippen molar-refractivity contribution >= 4 is 11.9 Å². The molecule has 1 atom stereocenters. The lowest BCUT2D eigenvalue weighted by Crippen LogP contribution is -2.34. The van der Waals surface area contributed by atoms with E-state index in [1.165, 1.54) is 5.56 Å². The molecule has 3 rings (SSSR count). The summed E-state index contributed by atoms with van der Waals surface area (Å²) in [6.07, 6.45) is 3.66. The molecule has 6 heteroatoms. The van der Waals surface area contributed by atoms with E-state index in [0.717, 1.165) is 24.8 Å². The molecule has 1 N–H and O–H groups in total. The molecule has 1 aliphatic rings. The molecule has 0 radical (unpaired) electrons. The first-order valence-corrected chi connectivity index (χ1v) is 10.5. The van der Waals surface area contributed by atoms with Crippen LogP contribution in [-0.4, -0.2) is 31.7 Å². The van der Waals surface area contributed by atoms with Crippen LogP contribution in [-0.2, 0) is 20.7 Å². The molecule has 2 aromatic rings. The number of aryl methyl sites for hydroxylation is 1. The summed E-state index contributed by atoms with van der Waals surface area (Å²) >= 11 is 0. The minimum absolute atomic E-state index is 0.0139. The molecule has 1 amide bonds. The van der Waals surface area contributed by atoms with Crippen molar-refractivity contribution in [3.63, 3.8) is 0 Å². The summed E-state index contributed by atoms with van der Waals surface area (Å²) in [6, 6.07) is 15.6. The molecule has 30 heavy (non-hydrogen) atoms. The summed E-state index contributed by atoms with van der Waals surface area (Å²) in [4.78, 5) is 24.1. The zero-order valence-corrected chi connectivity index (χ0v) is 17.4. The number of esters is 1. The predicted molar refractivity (Wildman–Crippen MR) is 114 cm³/mol. The van der Waals surface area contributed by atoms with Gasteiger partial charge in [-0.05, 0) is 55.9 Å². The number of ether oxygens (including phenoxy) is 3. The van der Waals surface area contributed by atoms with Crippen LogP contribution in [0.25, 0.3) is 0 Å². The van der Waals surface area contributed by atoms with Crippen LogP contribution >= 0.6 is 0 Å². The number of para-hydroxylation sites is 2. The standard InChI is InChI=1S/C24H29NO5/c1-2-28-21-13-5-6-14-22(21)29-16-8-15-24(27)30-17-23(26)25-20-12-7-10-18-9-3-4-11-19(18)20/h3-6,9,11,13-14,20H,2,7-8,10,12,15-17H2,1H3,(H,25,26)/t20-/m1/s1. The second kappa shape index (κ2) is 11.2. The van der Waals surface area contributed by atoms with Crippen LogP contribution in [0.15, 0.2) is 48.5 Å². The molecule has 1 aliphatic carbocycles. The van der Waals surface area contributed by atoms with Crippen molar-refractivity contribution in [2.45, 2.75) is 45.1 Å². The third kappa shape index (κ3) is 6.24. The van der Waals surface area contributed by atoms with Gasteiger partial charge in [0.05, 0.1) is 19.3 Å². The topological polar surface area (TPSA) is 73.9 Å². The van der Waals surface area contributed by atoms with E-state index in [1.807, 2.05) is 43.3 Å². The van der Waals surface area contributed by atoms with Gasteiger partial charge in [-0.25, -0.2) is 0 Å². The van der Waals surface area contributed by atoms with Crippen LogP contribution in [0.1, 0.15) is 49.8 Å². The van der Waals surface area contributed by atoms with E-state index in [0.29, 0.717) is 31.1 Å². The van der Waals surface area contributed by atoms with Crippen molar-refractivity contribution in [2.75, 3.05) is 19.8 Å². The Hall–Kier alpha value is -3.02. The number of carbonyl (C=O) groups is 2. The maximum atomic E-state index is 12.2. The zero-order valence-electron chi connectivity index (χ0n) is 17.4. The number of nitrogens with one attached hydrogen (secondary N) is 1. The summed E-state index contributed by atoms with van der Waals surface area (Å²) in [5.41, 5.74) is 2.44. The molecule has 0 bridgehead atoms. The smallest absolute Gasteiger partial charge is 0.306 e. The second-order valence-electron chi connectivity index (χ2n) is 7.20. The first-order chi connectivity index (χ1) is 14.7. The van der Waals surface area contributed by atoms with Crippen molar-refractivity contribution < 1.29 is 23.8 Å². The van der Waals surface area contributed by atoms with E-state index < -0.39 is 5.97 Å². The third-order valence-corrected chi connectivity index (χ3v) is 5.00. The Bertz CT molecular complexity index is 851. The predicted octanol–water partition coefficient (Wildman–Crippen LogP) is 3.98. The maximum absolute atomic E-state index is 12.2. The molecule has 0 unspecified atom stereocenters. The van der Waals surface area contributed by atoms with Gasteiger partial charge in [0.25, 0.3) is 5.91 Å². The number of rotatable bonds is 10. The summed E-state index contributed by atoms with van der Waals surface area (Å²) in [7, 11) is 0. The van der Waals surface area contributed by atoms with Crippen molar-refractivity contribution in [1.29, 1.82) is 0 Å². The van der Waals surface area contributed by atoms with Crippen molar-refractivity contribution in [3.8, 4) is 11.5 Å². The van der Waals surface area contributed by atoms with E-state index >= 15 is 0 Å². The van der Waals surface area contributed by atoms with Gasteiger partial charge in [-0.3, -0.25) is 9.59 Å². The maximum Gasteiger partial charge on any atom is 0.306 e. The van der Waals surface area contributed by atoms with E-state index in [9.17, 15) is 9.59 Å². The Morgan fingerprint density at radius 3 is 2.57 bits per heavy atom. The molecule has 6 nitrogen and oxygen atoms in total. The van der Waals surface area contributed by atoms with E-state index in [4.69, 9.17) is 14.2 Å². The molecular formula is C24H29NO5. The number of amides is 1. The van der Waals surface area contributed by atoms with Crippen LogP contribution in [0.5, 0.6) is 11.5 Å². The number of benzene rings is 2. The number of carbonyl (C=O) groups excluding carboxylic acids is 2. The Balaban J connectivity index is 1.35. The molecule has 160 valence electrons. The average Bonchev–Trinajstić information content (AvgIpc) is 2.77. The lowest BCUT2D eigenvalue weighted by molar-refractivity contribution is -0.149. The lowest BCUT2D eigenvalue weighted by atomic mass is 9.88. The van der Waals surface area contributed by atoms with Gasteiger partial charge in [0, 0.05) is 6.42 Å². The third-order valence-electron chi connectivity index (χ3n) is 5.00. The molecule has 2 aromatic carbocycles. The van der Waals surface area contributed by atoms with Gasteiger partial charge in [0.1, 0.15) is 0 Å². The largest absolute Gasteiger partial charge is 0.490 e. The fraction of sp³-hybridized carbons (Fsp3) is 0.417. The van der Waals surface area contributed by atoms with E-state index in [1.54, 1.807) is 0 Å². The van der Waals surface area contributed by atoms with Crippen LogP contribution < -0.4 is 14.8 Å². The van der Waals surface area contributed by atoms with Crippen LogP contribution in [0.2, 0.25) is 0 Å². The van der Waals surface area contributed by atoms with Gasteiger partial charge in [-0.1, -0.05) is 36.4 Å². The fourth-order valence-corrected chi connectivity index (χ4v) is 3.60. The Kier molecular flexibility index (Phi) is 8.12. The molecule has 0 fully saturated rings. The highest BCUT2D eigenvalue weighted by Gasteiger charge is 2.21. The first-order valence-electron chi connectivity index (χ1n) is 10.5. The molecule has 0 aromatic heterocycles. The van der Waals surface area contributed by atoms with Crippen LogP contribution in [0.3, 0.4) is 0 Å². The highest BCUT2D eigenvalue weighted by molar-refractivity contribution is 5.80. The van der Waals surface area contributed by atoms with Crippen LogP contribution in [0, 0.1) is 0 Å². The first kappa shape index (κ1) is 21.7. The van der Waals surface area contributed by atoms with E-state index in [-0.39, 0.29) is 25.0 Å². The summed E-state index contributed by atoms with van der Waals surface area (Å²) in [5, 5.41) is 2.98. The van der Waals surface area contributed by atoms with E-state index in [2.05, 4.69) is 17.4 Å². The van der Waals surface area contributed by atoms with Gasteiger partial charge in [0.15, 0.2) is 18.1 Å². The van der Waals surface area contributed by atoms with Gasteiger partial charge in [-0.15, -0.1) is 0 Å². The molecule has 0 aliphatic heterocycles. The fourth-order valence-electron chi connectivity index (χ4n) is 3.60. The number of hydrogen-bond donors (Lipinski definition) is 1. The molecule has 0 saturated heterocycles. The summed E-state index contributed by atoms with van der Waals surface area (Å²) < 4.78 is 16.3. The monoisotopic (exact) mass is 411 g/mol. The normalized spacial score (nSPS) is 15.0. The van der Waals surface area contributed by atoms with Crippen molar-refractivity contribution in [2.24, 2.45) is 0 Å². The number of fused-ring (bicyclic) bond motifs is 1. The van der Waals surface area contributed by atoms with Crippen molar-refractivity contribution in [1.82, 2.24) is 5.32 Å². The Morgan fingerprint density at radius 1 is 1.03 bits per heavy atom. The van der Waals surface area contributed by atoms with Crippen LogP contribution in [0.4, 0.5) is 0 Å². The quantitative estimate of drug-likeness (QED) is 0.473. The summed E-state index contributed by atoms with van der Waals surface area (Å²) in [6.45, 7) is 2.58. The Morgan fingerprint density at radius 2 is 1.77 bits per heavy atom. The highest BCUT2D eigenvalue weighted by Crippen LogP contribution is 2.29. The SMILES string of the molecule is CCOc1ccccc1OCCCC(=O)OCC(=O)N[C@@H]1CCCc2ccccc21. The lowest BCUT2D eigenvalue weighted by Gasteiger charge is -2.26. The second-order valence-corrected chi connectivity index (χ2v) is 7.20. The highest BCUT2D eigenvalue weighted by atomic mass is 16.5. The minimum Gasteiger partial charge on any atom is -0.490 e. The zero-order chi connectivity index (χ0) is 21.2. The van der Waals surface area contributed by atoms with Gasteiger partial charge >= 0.3 is 5.97 Å². The van der Waals surface area contributed by atoms with Gasteiger partial charge in [0.2, 0.25) is 0 Å². The summed E-state index contributed by atoms with van der Waals surface area (Å²) in [5.74, 6) is 0.659.